The highest BCUT2D eigenvalue weighted by atomic mass is 79.9. The van der Waals surface area contributed by atoms with Crippen molar-refractivity contribution in [3.05, 3.63) is 27.7 Å². The van der Waals surface area contributed by atoms with Crippen LogP contribution < -0.4 is 11.3 Å². The monoisotopic (exact) mass is 252 g/mol. The number of hydrogen-bond donors (Lipinski definition) is 2. The molecule has 0 aliphatic carbocycles. The normalized spacial score (nSPS) is 10.8. The number of halogens is 3. The number of nitrogen functional groups attached to an aromatic ring is 1. The van der Waals surface area contributed by atoms with E-state index in [4.69, 9.17) is 5.73 Å². The maximum atomic E-state index is 12.1. The van der Waals surface area contributed by atoms with Crippen molar-refractivity contribution < 1.29 is 8.78 Å². The van der Waals surface area contributed by atoms with Crippen molar-refractivity contribution in [1.29, 1.82) is 0 Å². The van der Waals surface area contributed by atoms with E-state index in [9.17, 15) is 13.6 Å². The molecule has 13 heavy (non-hydrogen) atoms. The third-order valence-corrected chi connectivity index (χ3v) is 2.12. The zero-order chi connectivity index (χ0) is 10.0. The van der Waals surface area contributed by atoms with Crippen LogP contribution in [0.4, 0.5) is 14.5 Å². The summed E-state index contributed by atoms with van der Waals surface area (Å²) in [6.07, 6.45) is -2.71. The second-order valence-corrected chi connectivity index (χ2v) is 2.98. The van der Waals surface area contributed by atoms with Gasteiger partial charge in [0.15, 0.2) is 0 Å². The van der Waals surface area contributed by atoms with Gasteiger partial charge in [0.25, 0.3) is 12.0 Å². The molecule has 3 N–H and O–H groups in total. The van der Waals surface area contributed by atoms with Crippen LogP contribution in [0.2, 0.25) is 0 Å². The Kier molecular flexibility index (Phi) is 3.02. The van der Waals surface area contributed by atoms with Crippen LogP contribution in [0.1, 0.15) is 17.7 Å². The van der Waals surface area contributed by atoms with Gasteiger partial charge in [-0.3, -0.25) is 4.79 Å². The number of nitrogens with two attached hydrogens (primary N) is 1. The number of nitrogens with one attached hydrogen (secondary N) is 1. The molecule has 0 amide bonds. The Morgan fingerprint density at radius 2 is 2.23 bits per heavy atom. The van der Waals surface area contributed by atoms with E-state index in [1.165, 1.54) is 0 Å². The molecule has 1 rings (SSSR count). The van der Waals surface area contributed by atoms with Crippen LogP contribution in [0.3, 0.4) is 0 Å². The molecule has 1 heterocycles. The van der Waals surface area contributed by atoms with Gasteiger partial charge in [0.1, 0.15) is 0 Å². The molecule has 1 aromatic rings. The second kappa shape index (κ2) is 3.87. The van der Waals surface area contributed by atoms with Crippen LogP contribution >= 0.6 is 15.9 Å². The van der Waals surface area contributed by atoms with Crippen LogP contribution in [0.15, 0.2) is 10.9 Å². The highest BCUT2D eigenvalue weighted by Gasteiger charge is 2.12. The third-order valence-electron chi connectivity index (χ3n) is 1.56. The van der Waals surface area contributed by atoms with Crippen LogP contribution in [0, 0.1) is 0 Å². The van der Waals surface area contributed by atoms with E-state index in [1.54, 1.807) is 0 Å². The maximum absolute atomic E-state index is 12.1. The molecular weight excluding hydrogens is 246 g/mol. The molecule has 0 spiro atoms. The van der Waals surface area contributed by atoms with E-state index in [2.05, 4.69) is 20.9 Å². The zero-order valence-electron chi connectivity index (χ0n) is 6.48. The van der Waals surface area contributed by atoms with Crippen molar-refractivity contribution >= 4 is 21.6 Å². The van der Waals surface area contributed by atoms with E-state index in [1.807, 2.05) is 0 Å². The number of anilines is 1. The Bertz CT molecular complexity index is 364. The van der Waals surface area contributed by atoms with Crippen LogP contribution in [0.5, 0.6) is 0 Å². The second-order valence-electron chi connectivity index (χ2n) is 2.42. The number of rotatable bonds is 2. The predicted octanol–water partition coefficient (Wildman–Crippen LogP) is 1.79. The van der Waals surface area contributed by atoms with Crippen LogP contribution in [-0.4, -0.2) is 4.98 Å². The zero-order valence-corrected chi connectivity index (χ0v) is 8.07. The molecule has 0 bridgehead atoms. The molecule has 72 valence electrons. The average Bonchev–Trinajstić information content (AvgIpc) is 2.03. The first-order valence-electron chi connectivity index (χ1n) is 3.42. The van der Waals surface area contributed by atoms with Gasteiger partial charge in [0.05, 0.1) is 11.3 Å². The molecule has 0 radical (unpaired) electrons. The number of aromatic nitrogens is 1. The number of alkyl halides is 3. The highest BCUT2D eigenvalue weighted by Crippen LogP contribution is 2.19. The lowest BCUT2D eigenvalue weighted by atomic mass is 10.2. The SMILES string of the molecule is Nc1cc(C(F)F)[nH]c(=O)c1CBr. The standard InChI is InChI=1S/C7H7BrF2N2O/c8-2-3-4(11)1-5(6(9)10)12-7(3)13/h1,6H,2H2,(H3,11,12,13). The van der Waals surface area contributed by atoms with E-state index in [-0.39, 0.29) is 16.6 Å². The van der Waals surface area contributed by atoms with Gasteiger partial charge in [0.2, 0.25) is 0 Å². The van der Waals surface area contributed by atoms with E-state index < -0.39 is 17.7 Å². The summed E-state index contributed by atoms with van der Waals surface area (Å²) in [5.74, 6) is 0. The first kappa shape index (κ1) is 10.2. The van der Waals surface area contributed by atoms with Gasteiger partial charge in [-0.15, -0.1) is 0 Å². The minimum atomic E-state index is -2.71. The fourth-order valence-corrected chi connectivity index (χ4v) is 1.46. The number of H-pyrrole nitrogens is 1. The van der Waals surface area contributed by atoms with Gasteiger partial charge in [-0.2, -0.15) is 0 Å². The van der Waals surface area contributed by atoms with Gasteiger partial charge < -0.3 is 10.7 Å². The first-order chi connectivity index (χ1) is 6.06. The number of hydrogen-bond acceptors (Lipinski definition) is 2. The maximum Gasteiger partial charge on any atom is 0.278 e. The molecule has 0 aliphatic rings. The summed E-state index contributed by atoms with van der Waals surface area (Å²) in [5, 5.41) is 0.248. The Hall–Kier alpha value is -0.910. The van der Waals surface area contributed by atoms with Gasteiger partial charge in [-0.25, -0.2) is 8.78 Å². The van der Waals surface area contributed by atoms with Gasteiger partial charge in [0, 0.05) is 11.0 Å². The topological polar surface area (TPSA) is 58.9 Å². The first-order valence-corrected chi connectivity index (χ1v) is 4.54. The van der Waals surface area contributed by atoms with Crippen molar-refractivity contribution in [2.75, 3.05) is 5.73 Å². The summed E-state index contributed by atoms with van der Waals surface area (Å²) in [4.78, 5) is 13.1. The fraction of sp³-hybridized carbons (Fsp3) is 0.286. The molecule has 0 atom stereocenters. The van der Waals surface area contributed by atoms with E-state index in [0.717, 1.165) is 6.07 Å². The lowest BCUT2D eigenvalue weighted by Crippen LogP contribution is -2.16. The molecule has 0 fully saturated rings. The summed E-state index contributed by atoms with van der Waals surface area (Å²) in [6, 6.07) is 1.07. The van der Waals surface area contributed by atoms with Crippen LogP contribution in [0.25, 0.3) is 0 Å². The van der Waals surface area contributed by atoms with E-state index in [0.29, 0.717) is 0 Å². The largest absolute Gasteiger partial charge is 0.398 e. The highest BCUT2D eigenvalue weighted by molar-refractivity contribution is 9.08. The summed E-state index contributed by atoms with van der Waals surface area (Å²) in [5.41, 5.74) is 4.71. The minimum Gasteiger partial charge on any atom is -0.398 e. The Morgan fingerprint density at radius 3 is 2.62 bits per heavy atom. The predicted molar refractivity (Wildman–Crippen MR) is 49.1 cm³/mol. The van der Waals surface area contributed by atoms with Crippen molar-refractivity contribution in [2.45, 2.75) is 11.8 Å². The minimum absolute atomic E-state index is 0.0796. The summed E-state index contributed by atoms with van der Waals surface area (Å²) in [7, 11) is 0. The molecule has 3 nitrogen and oxygen atoms in total. The fourth-order valence-electron chi connectivity index (χ4n) is 0.884. The molecular formula is C7H7BrF2N2O. The molecule has 0 saturated heterocycles. The summed E-state index contributed by atoms with van der Waals surface area (Å²) >= 11 is 3.03. The van der Waals surface area contributed by atoms with Crippen molar-refractivity contribution in [2.24, 2.45) is 0 Å². The molecule has 0 aromatic carbocycles. The van der Waals surface area contributed by atoms with Crippen molar-refractivity contribution in [1.82, 2.24) is 4.98 Å². The Labute approximate surface area is 81.1 Å². The quantitative estimate of drug-likeness (QED) is 0.789. The molecule has 0 saturated carbocycles. The lowest BCUT2D eigenvalue weighted by molar-refractivity contribution is 0.146. The molecule has 6 heteroatoms. The summed E-state index contributed by atoms with van der Waals surface area (Å²) in [6.45, 7) is 0. The van der Waals surface area contributed by atoms with Crippen molar-refractivity contribution in [3.63, 3.8) is 0 Å². The number of aromatic amines is 1. The van der Waals surface area contributed by atoms with Gasteiger partial charge in [-0.05, 0) is 6.07 Å². The molecule has 0 aliphatic heterocycles. The van der Waals surface area contributed by atoms with E-state index >= 15 is 0 Å². The Balaban J connectivity index is 3.29. The summed E-state index contributed by atoms with van der Waals surface area (Å²) < 4.78 is 24.3. The molecule has 0 unspecified atom stereocenters. The van der Waals surface area contributed by atoms with Gasteiger partial charge in [-0.1, -0.05) is 15.9 Å². The van der Waals surface area contributed by atoms with Crippen molar-refractivity contribution in [3.8, 4) is 0 Å². The third kappa shape index (κ3) is 2.06. The molecule has 1 aromatic heterocycles. The van der Waals surface area contributed by atoms with Gasteiger partial charge >= 0.3 is 0 Å². The number of pyridine rings is 1. The smallest absolute Gasteiger partial charge is 0.278 e. The lowest BCUT2D eigenvalue weighted by Gasteiger charge is -2.04. The Morgan fingerprint density at radius 1 is 1.62 bits per heavy atom. The van der Waals surface area contributed by atoms with Crippen LogP contribution in [-0.2, 0) is 5.33 Å². The average molecular weight is 253 g/mol.